The fourth-order valence-electron chi connectivity index (χ4n) is 1.79. The van der Waals surface area contributed by atoms with Crippen LogP contribution >= 0.6 is 0 Å². The smallest absolute Gasteiger partial charge is 0.264 e. The van der Waals surface area contributed by atoms with Crippen molar-refractivity contribution in [3.05, 3.63) is 60.4 Å². The second-order valence-electron chi connectivity index (χ2n) is 4.15. The molecule has 0 aliphatic carbocycles. The van der Waals surface area contributed by atoms with Crippen molar-refractivity contribution in [2.75, 3.05) is 10.8 Å². The van der Waals surface area contributed by atoms with Crippen molar-refractivity contribution in [1.82, 2.24) is 0 Å². The molecule has 0 fully saturated rings. The first-order valence-electron chi connectivity index (χ1n) is 5.95. The number of carboxylic acid groups (broad SMARTS) is 1. The number of halogens is 1. The van der Waals surface area contributed by atoms with Crippen molar-refractivity contribution in [3.8, 4) is 0 Å². The van der Waals surface area contributed by atoms with Gasteiger partial charge in [0.05, 0.1) is 23.1 Å². The van der Waals surface area contributed by atoms with E-state index in [1.807, 2.05) is 0 Å². The predicted molar refractivity (Wildman–Crippen MR) is 72.4 cm³/mol. The lowest BCUT2D eigenvalue weighted by atomic mass is 10.3. The number of sulfonamides is 1. The Balaban J connectivity index is 2.56. The molecule has 2 aromatic carbocycles. The second kappa shape index (κ2) is 5.92. The maximum Gasteiger partial charge on any atom is 0.264 e. The van der Waals surface area contributed by atoms with Gasteiger partial charge in [-0.15, -0.1) is 0 Å². The molecule has 21 heavy (non-hydrogen) atoms. The lowest BCUT2D eigenvalue weighted by Crippen LogP contribution is -2.42. The van der Waals surface area contributed by atoms with Gasteiger partial charge in [0.2, 0.25) is 0 Å². The van der Waals surface area contributed by atoms with Gasteiger partial charge in [-0.1, -0.05) is 30.3 Å². The van der Waals surface area contributed by atoms with Gasteiger partial charge in [0.15, 0.2) is 0 Å². The number of hydrogen-bond donors (Lipinski definition) is 0. The fourth-order valence-corrected chi connectivity index (χ4v) is 3.23. The van der Waals surface area contributed by atoms with Crippen molar-refractivity contribution < 1.29 is 22.7 Å². The highest BCUT2D eigenvalue weighted by molar-refractivity contribution is 7.92. The molecule has 110 valence electrons. The number of hydrogen-bond acceptors (Lipinski definition) is 4. The van der Waals surface area contributed by atoms with Crippen LogP contribution in [-0.4, -0.2) is 20.9 Å². The molecule has 0 N–H and O–H groups in total. The number of nitrogens with zero attached hydrogens (tertiary/aromatic N) is 1. The fraction of sp³-hybridized carbons (Fsp3) is 0.0714. The summed E-state index contributed by atoms with van der Waals surface area (Å²) in [5, 5.41) is 10.8. The molecule has 0 saturated carbocycles. The van der Waals surface area contributed by atoms with Gasteiger partial charge in [0, 0.05) is 0 Å². The molecule has 0 atom stereocenters. The molecule has 0 aromatic heterocycles. The van der Waals surface area contributed by atoms with Crippen LogP contribution in [0.15, 0.2) is 59.5 Å². The molecule has 0 spiro atoms. The minimum Gasteiger partial charge on any atom is -0.548 e. The van der Waals surface area contributed by atoms with Gasteiger partial charge in [0.25, 0.3) is 10.0 Å². The molecule has 0 radical (unpaired) electrons. The highest BCUT2D eigenvalue weighted by atomic mass is 32.2. The Morgan fingerprint density at radius 3 is 2.19 bits per heavy atom. The Morgan fingerprint density at radius 1 is 1.05 bits per heavy atom. The molecular formula is C14H11FNO4S-. The van der Waals surface area contributed by atoms with Crippen molar-refractivity contribution in [1.29, 1.82) is 0 Å². The van der Waals surface area contributed by atoms with Gasteiger partial charge in [-0.25, -0.2) is 12.8 Å². The standard InChI is InChI=1S/C14H12FNO4S/c15-12-8-4-5-9-13(12)16(10-14(17)18)21(19,20)11-6-2-1-3-7-11/h1-9H,10H2,(H,17,18)/p-1. The van der Waals surface area contributed by atoms with E-state index in [0.29, 0.717) is 4.31 Å². The number of anilines is 1. The SMILES string of the molecule is O=C([O-])CN(c1ccccc1F)S(=O)(=O)c1ccccc1. The first-order chi connectivity index (χ1) is 9.93. The van der Waals surface area contributed by atoms with Crippen molar-refractivity contribution in [2.24, 2.45) is 0 Å². The molecule has 2 aromatic rings. The molecule has 2 rings (SSSR count). The zero-order chi connectivity index (χ0) is 15.5. The Labute approximate surface area is 121 Å². The van der Waals surface area contributed by atoms with E-state index in [-0.39, 0.29) is 10.6 Å². The number of para-hydroxylation sites is 1. The molecule has 0 heterocycles. The number of carboxylic acids is 1. The zero-order valence-corrected chi connectivity index (χ0v) is 11.6. The Bertz CT molecular complexity index is 747. The average Bonchev–Trinajstić information content (AvgIpc) is 2.46. The third kappa shape index (κ3) is 3.19. The summed E-state index contributed by atoms with van der Waals surface area (Å²) in [4.78, 5) is 10.7. The molecule has 0 bridgehead atoms. The van der Waals surface area contributed by atoms with Crippen LogP contribution < -0.4 is 9.41 Å². The van der Waals surface area contributed by atoms with Crippen LogP contribution in [-0.2, 0) is 14.8 Å². The average molecular weight is 308 g/mol. The molecule has 7 heteroatoms. The Hall–Kier alpha value is -2.41. The molecule has 0 unspecified atom stereocenters. The highest BCUT2D eigenvalue weighted by Gasteiger charge is 2.26. The summed E-state index contributed by atoms with van der Waals surface area (Å²) in [6.07, 6.45) is 0. The van der Waals surface area contributed by atoms with E-state index in [1.54, 1.807) is 6.07 Å². The minimum atomic E-state index is -4.20. The topological polar surface area (TPSA) is 77.5 Å². The first-order valence-corrected chi connectivity index (χ1v) is 7.39. The largest absolute Gasteiger partial charge is 0.548 e. The molecule has 5 nitrogen and oxygen atoms in total. The van der Waals surface area contributed by atoms with Gasteiger partial charge < -0.3 is 9.90 Å². The summed E-state index contributed by atoms with van der Waals surface area (Å²) < 4.78 is 39.3. The van der Waals surface area contributed by atoms with Crippen molar-refractivity contribution in [2.45, 2.75) is 4.90 Å². The van der Waals surface area contributed by atoms with Crippen molar-refractivity contribution in [3.63, 3.8) is 0 Å². The minimum absolute atomic E-state index is 0.130. The predicted octanol–water partition coefficient (Wildman–Crippen LogP) is 0.771. The van der Waals surface area contributed by atoms with Gasteiger partial charge in [-0.3, -0.25) is 4.31 Å². The highest BCUT2D eigenvalue weighted by Crippen LogP contribution is 2.25. The summed E-state index contributed by atoms with van der Waals surface area (Å²) in [5.74, 6) is -2.46. The Morgan fingerprint density at radius 2 is 1.62 bits per heavy atom. The number of rotatable bonds is 5. The molecule has 0 amide bonds. The maximum atomic E-state index is 13.8. The third-order valence-electron chi connectivity index (χ3n) is 2.73. The number of benzene rings is 2. The quantitative estimate of drug-likeness (QED) is 0.817. The van der Waals surface area contributed by atoms with E-state index in [4.69, 9.17) is 0 Å². The van der Waals surface area contributed by atoms with Gasteiger partial charge >= 0.3 is 0 Å². The molecule has 0 saturated heterocycles. The van der Waals surface area contributed by atoms with E-state index in [9.17, 15) is 22.7 Å². The molecule has 0 aliphatic rings. The van der Waals surface area contributed by atoms with Crippen LogP contribution in [0.1, 0.15) is 0 Å². The lowest BCUT2D eigenvalue weighted by Gasteiger charge is -2.25. The van der Waals surface area contributed by atoms with Crippen LogP contribution in [0.2, 0.25) is 0 Å². The van der Waals surface area contributed by atoms with E-state index in [1.165, 1.54) is 42.5 Å². The monoisotopic (exact) mass is 308 g/mol. The summed E-state index contributed by atoms with van der Waals surface area (Å²) in [6.45, 7) is -0.974. The molecule has 0 aliphatic heterocycles. The maximum absolute atomic E-state index is 13.8. The van der Waals surface area contributed by atoms with E-state index in [0.717, 1.165) is 6.07 Å². The number of carbonyl (C=O) groups excluding carboxylic acids is 1. The summed E-state index contributed by atoms with van der Waals surface area (Å²) in [5.41, 5.74) is -0.342. The van der Waals surface area contributed by atoms with Crippen molar-refractivity contribution >= 4 is 21.7 Å². The van der Waals surface area contributed by atoms with Crippen LogP contribution in [0.4, 0.5) is 10.1 Å². The van der Waals surface area contributed by atoms with E-state index < -0.39 is 28.4 Å². The molecular weight excluding hydrogens is 297 g/mol. The zero-order valence-electron chi connectivity index (χ0n) is 10.8. The summed E-state index contributed by atoms with van der Waals surface area (Å²) in [6, 6.07) is 12.3. The number of aliphatic carboxylic acids is 1. The Kier molecular flexibility index (Phi) is 4.23. The van der Waals surface area contributed by atoms with Crippen LogP contribution in [0.5, 0.6) is 0 Å². The van der Waals surface area contributed by atoms with E-state index in [2.05, 4.69) is 0 Å². The first kappa shape index (κ1) is 15.0. The lowest BCUT2D eigenvalue weighted by molar-refractivity contribution is -0.303. The van der Waals surface area contributed by atoms with Crippen LogP contribution in [0.25, 0.3) is 0 Å². The van der Waals surface area contributed by atoms with Gasteiger partial charge in [0.1, 0.15) is 5.82 Å². The van der Waals surface area contributed by atoms with Gasteiger partial charge in [-0.2, -0.15) is 0 Å². The second-order valence-corrected chi connectivity index (χ2v) is 6.01. The summed E-state index contributed by atoms with van der Waals surface area (Å²) >= 11 is 0. The summed E-state index contributed by atoms with van der Waals surface area (Å²) in [7, 11) is -4.20. The third-order valence-corrected chi connectivity index (χ3v) is 4.50. The van der Waals surface area contributed by atoms with Gasteiger partial charge in [-0.05, 0) is 24.3 Å². The van der Waals surface area contributed by atoms with Crippen LogP contribution in [0, 0.1) is 5.82 Å². The van der Waals surface area contributed by atoms with E-state index >= 15 is 0 Å². The van der Waals surface area contributed by atoms with Crippen LogP contribution in [0.3, 0.4) is 0 Å². The normalized spacial score (nSPS) is 11.1. The number of carbonyl (C=O) groups is 1.